The molecule has 0 atom stereocenters. The Balaban J connectivity index is 2.76. The van der Waals surface area contributed by atoms with Gasteiger partial charge in [-0.2, -0.15) is 13.2 Å². The molecule has 2 aromatic rings. The average molecular weight is 269 g/mol. The summed E-state index contributed by atoms with van der Waals surface area (Å²) in [5.41, 5.74) is 0.404. The second kappa shape index (κ2) is 4.11. The van der Waals surface area contributed by atoms with Crippen LogP contribution in [0.1, 0.15) is 42.4 Å². The molecule has 0 bridgehead atoms. The summed E-state index contributed by atoms with van der Waals surface area (Å²) in [5.74, 6) is 0. The number of aromatic amines is 1. The molecular weight excluding hydrogens is 255 g/mol. The molecule has 19 heavy (non-hydrogen) atoms. The molecule has 1 aromatic carbocycles. The van der Waals surface area contributed by atoms with Crippen LogP contribution in [0, 0.1) is 0 Å². The largest absolute Gasteiger partial charge is 0.416 e. The maximum atomic E-state index is 12.7. The fraction of sp³-hybridized carbons (Fsp3) is 0.357. The highest BCUT2D eigenvalue weighted by atomic mass is 19.4. The van der Waals surface area contributed by atoms with Crippen molar-refractivity contribution in [3.8, 4) is 0 Å². The van der Waals surface area contributed by atoms with Crippen molar-refractivity contribution in [2.45, 2.75) is 32.4 Å². The number of carbonyl (C=O) groups excluding carboxylic acids is 1. The van der Waals surface area contributed by atoms with Crippen molar-refractivity contribution in [1.82, 2.24) is 4.98 Å². The van der Waals surface area contributed by atoms with Crippen molar-refractivity contribution in [2.24, 2.45) is 0 Å². The minimum atomic E-state index is -4.41. The zero-order valence-corrected chi connectivity index (χ0v) is 10.9. The summed E-state index contributed by atoms with van der Waals surface area (Å²) < 4.78 is 38.1. The molecular formula is C14H14F3NO. The van der Waals surface area contributed by atoms with Gasteiger partial charge in [-0.15, -0.1) is 0 Å². The third kappa shape index (κ3) is 2.37. The highest BCUT2D eigenvalue weighted by molar-refractivity contribution is 5.99. The van der Waals surface area contributed by atoms with Crippen LogP contribution < -0.4 is 0 Å². The van der Waals surface area contributed by atoms with Crippen LogP contribution in [0.3, 0.4) is 0 Å². The van der Waals surface area contributed by atoms with E-state index in [0.29, 0.717) is 28.4 Å². The van der Waals surface area contributed by atoms with E-state index in [-0.39, 0.29) is 5.41 Å². The van der Waals surface area contributed by atoms with Crippen LogP contribution in [0.15, 0.2) is 18.2 Å². The lowest BCUT2D eigenvalue weighted by Gasteiger charge is -2.17. The van der Waals surface area contributed by atoms with Crippen LogP contribution in [0.4, 0.5) is 13.2 Å². The zero-order chi connectivity index (χ0) is 14.4. The molecule has 0 amide bonds. The van der Waals surface area contributed by atoms with Crippen LogP contribution in [-0.2, 0) is 11.6 Å². The number of aromatic nitrogens is 1. The number of halogens is 3. The molecule has 102 valence electrons. The maximum Gasteiger partial charge on any atom is 0.416 e. The zero-order valence-electron chi connectivity index (χ0n) is 10.9. The predicted octanol–water partition coefficient (Wildman–Crippen LogP) is 4.30. The van der Waals surface area contributed by atoms with Gasteiger partial charge in [0.15, 0.2) is 6.29 Å². The van der Waals surface area contributed by atoms with Crippen molar-refractivity contribution in [3.05, 3.63) is 35.0 Å². The summed E-state index contributed by atoms with van der Waals surface area (Å²) in [6, 6.07) is 3.39. The van der Waals surface area contributed by atoms with Gasteiger partial charge < -0.3 is 4.98 Å². The Hall–Kier alpha value is -1.78. The highest BCUT2D eigenvalue weighted by Gasteiger charge is 2.31. The molecule has 0 unspecified atom stereocenters. The molecule has 1 aromatic heterocycles. The van der Waals surface area contributed by atoms with Gasteiger partial charge in [0, 0.05) is 27.6 Å². The first-order valence-corrected chi connectivity index (χ1v) is 5.83. The molecule has 0 aliphatic carbocycles. The molecule has 0 spiro atoms. The minimum absolute atomic E-state index is 0.300. The van der Waals surface area contributed by atoms with Gasteiger partial charge >= 0.3 is 6.18 Å². The summed E-state index contributed by atoms with van der Waals surface area (Å²) in [4.78, 5) is 14.2. The van der Waals surface area contributed by atoms with Crippen LogP contribution in [0.2, 0.25) is 0 Å². The monoisotopic (exact) mass is 269 g/mol. The van der Waals surface area contributed by atoms with Crippen molar-refractivity contribution in [1.29, 1.82) is 0 Å². The number of fused-ring (bicyclic) bond motifs is 1. The van der Waals surface area contributed by atoms with E-state index in [1.165, 1.54) is 6.07 Å². The Morgan fingerprint density at radius 3 is 2.26 bits per heavy atom. The lowest BCUT2D eigenvalue weighted by atomic mass is 9.89. The van der Waals surface area contributed by atoms with E-state index in [0.717, 1.165) is 12.1 Å². The van der Waals surface area contributed by atoms with Crippen molar-refractivity contribution in [2.75, 3.05) is 0 Å². The highest BCUT2D eigenvalue weighted by Crippen LogP contribution is 2.35. The van der Waals surface area contributed by atoms with E-state index in [4.69, 9.17) is 0 Å². The fourth-order valence-corrected chi connectivity index (χ4v) is 2.10. The standard InChI is InChI=1S/C14H14F3NO/c1-13(2,3)12-10(7-19)9-6-8(14(15,16)17)4-5-11(9)18-12/h4-7,18H,1-3H3. The molecule has 2 nitrogen and oxygen atoms in total. The maximum absolute atomic E-state index is 12.7. The Labute approximate surface area is 108 Å². The number of alkyl halides is 3. The molecule has 0 radical (unpaired) electrons. The third-order valence-electron chi connectivity index (χ3n) is 3.03. The number of H-pyrrole nitrogens is 1. The normalized spacial score (nSPS) is 12.9. The average Bonchev–Trinajstić information content (AvgIpc) is 2.64. The number of hydrogen-bond donors (Lipinski definition) is 1. The number of rotatable bonds is 1. The van der Waals surface area contributed by atoms with Crippen molar-refractivity contribution in [3.63, 3.8) is 0 Å². The van der Waals surface area contributed by atoms with Gasteiger partial charge in [-0.1, -0.05) is 20.8 Å². The van der Waals surface area contributed by atoms with E-state index in [9.17, 15) is 18.0 Å². The number of benzene rings is 1. The number of hydrogen-bond acceptors (Lipinski definition) is 1. The number of carbonyl (C=O) groups is 1. The topological polar surface area (TPSA) is 32.9 Å². The molecule has 2 rings (SSSR count). The quantitative estimate of drug-likeness (QED) is 0.769. The predicted molar refractivity (Wildman–Crippen MR) is 67.4 cm³/mol. The number of aldehydes is 1. The summed E-state index contributed by atoms with van der Waals surface area (Å²) in [5, 5.41) is 0.315. The van der Waals surface area contributed by atoms with Crippen molar-refractivity contribution >= 4 is 17.2 Å². The molecule has 1 N–H and O–H groups in total. The van der Waals surface area contributed by atoms with Gasteiger partial charge in [0.1, 0.15) is 0 Å². The van der Waals surface area contributed by atoms with Crippen LogP contribution in [0.5, 0.6) is 0 Å². The molecule has 1 heterocycles. The first-order valence-electron chi connectivity index (χ1n) is 5.83. The Morgan fingerprint density at radius 2 is 1.79 bits per heavy atom. The summed E-state index contributed by atoms with van der Waals surface area (Å²) in [6.45, 7) is 5.69. The second-order valence-corrected chi connectivity index (χ2v) is 5.54. The van der Waals surface area contributed by atoms with E-state index in [1.807, 2.05) is 20.8 Å². The lowest BCUT2D eigenvalue weighted by molar-refractivity contribution is -0.137. The van der Waals surface area contributed by atoms with Gasteiger partial charge in [0.2, 0.25) is 0 Å². The Kier molecular flexibility index (Phi) is 2.96. The first-order chi connectivity index (χ1) is 8.64. The molecule has 5 heteroatoms. The van der Waals surface area contributed by atoms with E-state index in [1.54, 1.807) is 0 Å². The van der Waals surface area contributed by atoms with Gasteiger partial charge in [-0.05, 0) is 18.2 Å². The molecule has 0 saturated heterocycles. The molecule has 0 fully saturated rings. The van der Waals surface area contributed by atoms with E-state index in [2.05, 4.69) is 4.98 Å². The van der Waals surface area contributed by atoms with Crippen LogP contribution in [0.25, 0.3) is 10.9 Å². The summed E-state index contributed by atoms with van der Waals surface area (Å²) in [7, 11) is 0. The Bertz CT molecular complexity index is 632. The van der Waals surface area contributed by atoms with Gasteiger partial charge in [-0.3, -0.25) is 4.79 Å². The fourth-order valence-electron chi connectivity index (χ4n) is 2.10. The molecule has 0 aliphatic heterocycles. The van der Waals surface area contributed by atoms with Crippen LogP contribution >= 0.6 is 0 Å². The van der Waals surface area contributed by atoms with Gasteiger partial charge in [0.25, 0.3) is 0 Å². The lowest BCUT2D eigenvalue weighted by Crippen LogP contribution is -2.13. The van der Waals surface area contributed by atoms with E-state index < -0.39 is 11.7 Å². The molecule has 0 saturated carbocycles. The summed E-state index contributed by atoms with van der Waals surface area (Å²) in [6.07, 6.45) is -3.80. The van der Waals surface area contributed by atoms with E-state index >= 15 is 0 Å². The number of nitrogens with one attached hydrogen (secondary N) is 1. The third-order valence-corrected chi connectivity index (χ3v) is 3.03. The van der Waals surface area contributed by atoms with Gasteiger partial charge in [0.05, 0.1) is 5.56 Å². The van der Waals surface area contributed by atoms with Crippen LogP contribution in [-0.4, -0.2) is 11.3 Å². The van der Waals surface area contributed by atoms with Gasteiger partial charge in [-0.25, -0.2) is 0 Å². The second-order valence-electron chi connectivity index (χ2n) is 5.54. The SMILES string of the molecule is CC(C)(C)c1[nH]c2ccc(C(F)(F)F)cc2c1C=O. The minimum Gasteiger partial charge on any atom is -0.357 e. The smallest absolute Gasteiger partial charge is 0.357 e. The first kappa shape index (κ1) is 13.6. The summed E-state index contributed by atoms with van der Waals surface area (Å²) >= 11 is 0. The Morgan fingerprint density at radius 1 is 1.16 bits per heavy atom. The van der Waals surface area contributed by atoms with Crippen molar-refractivity contribution < 1.29 is 18.0 Å². The molecule has 0 aliphatic rings.